The standard InChI is InChI=1S/C35H57N7O11S.C16H23N3O6S.C10H18N2O2S.C8H12N2O4S/c43-31(24-51-17-3-1-2-4-30-34-29(25-54-30)37-35(48)38-34)36-27-7-5-26(6-8-27)20-28-21-41(22-32(44)45)12-11-39(15-18-52-49)9-10-40(16-19-53-50)13-14-42(28)23-33(46)47;20-12-5-6-13(21)19(12)25-14(22)8-24-7-3-1-2-4-11-15-10(9-26-11)17-16(23)18-15;13-5-3-1-2-4-8-9-7(6-15-8)11-10(14)12-9;11-6(12)2-14-1-5-7-4(3-15-5)9-8(13)10-7/h5-8,28-30,34,49-50H,1-4,9-25H2,(H,36,43)(H,44,45)(H,46,47)(H2,37,38,48);10-11,15H,1-9H2,(H2,17,18,23);7-9,13H,1-6H2,(H2,11,12,14);4-5,7H,1-3H2,(H,11,12)(H2,9,10,13). The number of thioether (sulfide) groups is 4. The molecule has 1 aromatic rings. The van der Waals surface area contributed by atoms with E-state index in [1.54, 1.807) is 28.8 Å². The lowest BCUT2D eigenvalue weighted by molar-refractivity contribution is -0.245. The molecule has 37 nitrogen and oxygen atoms in total. The lowest BCUT2D eigenvalue weighted by Crippen LogP contribution is -2.53. The minimum atomic E-state index is -1.00. The van der Waals surface area contributed by atoms with Gasteiger partial charge in [-0.25, -0.2) is 38.5 Å². The maximum Gasteiger partial charge on any atom is 0.358 e. The number of carbonyl (C=O) groups excluding carboxylic acids is 8. The Kier molecular flexibility index (Phi) is 39.0. The van der Waals surface area contributed by atoms with Gasteiger partial charge in [-0.2, -0.15) is 47.0 Å². The molecule has 41 heteroatoms. The molecule has 10 aliphatic heterocycles. The van der Waals surface area contributed by atoms with E-state index in [4.69, 9.17) is 39.8 Å². The van der Waals surface area contributed by atoms with Crippen LogP contribution >= 0.6 is 47.0 Å². The van der Waals surface area contributed by atoms with Gasteiger partial charge < -0.3 is 87.3 Å². The summed E-state index contributed by atoms with van der Waals surface area (Å²) in [6.07, 6.45) is 12.6. The third-order valence-corrected chi connectivity index (χ3v) is 26.1. The fraction of sp³-hybridized carbons (Fsp3) is 0.754. The third kappa shape index (κ3) is 30.6. The van der Waals surface area contributed by atoms with Crippen molar-refractivity contribution in [3.8, 4) is 0 Å². The van der Waals surface area contributed by atoms with Crippen LogP contribution in [0.3, 0.4) is 0 Å². The van der Waals surface area contributed by atoms with Crippen LogP contribution in [0.4, 0.5) is 24.9 Å². The molecular weight excluding hydrogens is 1520 g/mol. The molecule has 0 aliphatic carbocycles. The topological polar surface area (TPSA) is 489 Å². The predicted molar refractivity (Wildman–Crippen MR) is 408 cm³/mol. The smallest absolute Gasteiger partial charge is 0.358 e. The van der Waals surface area contributed by atoms with Gasteiger partial charge >= 0.3 is 48.0 Å². The van der Waals surface area contributed by atoms with Gasteiger partial charge in [0.15, 0.2) is 0 Å². The van der Waals surface area contributed by atoms with E-state index >= 15 is 0 Å². The first kappa shape index (κ1) is 89.3. The summed E-state index contributed by atoms with van der Waals surface area (Å²) >= 11 is 7.45. The minimum absolute atomic E-state index is 0.00865. The number of hydroxylamine groups is 2. The Morgan fingerprint density at radius 3 is 1.36 bits per heavy atom. The van der Waals surface area contributed by atoms with Crippen molar-refractivity contribution in [2.45, 2.75) is 172 Å². The van der Waals surface area contributed by atoms with Gasteiger partial charge in [0.25, 0.3) is 11.8 Å². The Morgan fingerprint density at radius 2 is 0.909 bits per heavy atom. The number of hydrogen-bond acceptors (Lipinski definition) is 28. The summed E-state index contributed by atoms with van der Waals surface area (Å²) in [6, 6.07) is 8.45. The van der Waals surface area contributed by atoms with Crippen LogP contribution in [-0.4, -0.2) is 351 Å². The van der Waals surface area contributed by atoms with Gasteiger partial charge in [-0.1, -0.05) is 50.7 Å². The van der Waals surface area contributed by atoms with Crippen molar-refractivity contribution in [3.63, 3.8) is 0 Å². The number of carboxylic acid groups (broad SMARTS) is 3. The SMILES string of the molecule is O=C(O)CN1CCN(CCOO)CCN(CCOO)CCN(CC(=O)O)C(Cc2ccc(NC(=O)COCCCCCC3SCC4NC(=O)NC43)cc2)C1.O=C(O)COCC1SCC2NC(=O)NC21.O=C1NC2CSC(CCCCCO)C2N1.O=C1NC2CSC(CCCCCOCC(=O)ON3C(=O)CCC3=O)C2N1. The van der Waals surface area contributed by atoms with Crippen LogP contribution in [0.2, 0.25) is 0 Å². The summed E-state index contributed by atoms with van der Waals surface area (Å²) in [5, 5.41) is 83.0. The van der Waals surface area contributed by atoms with E-state index in [1.165, 1.54) is 0 Å². The van der Waals surface area contributed by atoms with Crippen LogP contribution in [0, 0.1) is 0 Å². The summed E-state index contributed by atoms with van der Waals surface area (Å²) in [7, 11) is 0. The van der Waals surface area contributed by atoms with E-state index in [0.717, 1.165) is 106 Å². The summed E-state index contributed by atoms with van der Waals surface area (Å²) in [5.41, 5.74) is 1.48. The van der Waals surface area contributed by atoms with Gasteiger partial charge in [0, 0.05) is 142 Å². The number of aliphatic hydroxyl groups excluding tert-OH is 1. The quantitative estimate of drug-likeness (QED) is 0.0143. The van der Waals surface area contributed by atoms with Crippen LogP contribution in [0.15, 0.2) is 24.3 Å². The zero-order valence-corrected chi connectivity index (χ0v) is 65.2. The van der Waals surface area contributed by atoms with Crippen molar-refractivity contribution >= 4 is 118 Å². The third-order valence-electron chi connectivity index (χ3n) is 20.2. The molecule has 0 bridgehead atoms. The number of rotatable bonds is 39. The second-order valence-electron chi connectivity index (χ2n) is 28.3. The van der Waals surface area contributed by atoms with Crippen molar-refractivity contribution in [2.24, 2.45) is 0 Å². The lowest BCUT2D eigenvalue weighted by atomic mass is 10.0. The van der Waals surface area contributed by atoms with Crippen molar-refractivity contribution in [2.75, 3.05) is 160 Å². The first-order valence-electron chi connectivity index (χ1n) is 37.8. The lowest BCUT2D eigenvalue weighted by Gasteiger charge is -2.38. The summed E-state index contributed by atoms with van der Waals surface area (Å²) in [6.45, 7) is 4.60. The van der Waals surface area contributed by atoms with Gasteiger partial charge in [0.2, 0.25) is 5.91 Å². The molecule has 11 rings (SSSR count). The van der Waals surface area contributed by atoms with Gasteiger partial charge in [-0.05, 0) is 62.6 Å². The molecule has 15 N–H and O–H groups in total. The van der Waals surface area contributed by atoms with Crippen molar-refractivity contribution < 1.29 is 113 Å². The minimum Gasteiger partial charge on any atom is -0.480 e. The number of hydrogen-bond donors (Lipinski definition) is 15. The van der Waals surface area contributed by atoms with E-state index in [9.17, 15) is 63.0 Å². The molecular formula is C69H110N14O23S4. The van der Waals surface area contributed by atoms with E-state index in [2.05, 4.69) is 67.4 Å². The monoisotopic (exact) mass is 1630 g/mol. The first-order valence-corrected chi connectivity index (χ1v) is 42.0. The summed E-state index contributed by atoms with van der Waals surface area (Å²) in [4.78, 5) is 147. The summed E-state index contributed by atoms with van der Waals surface area (Å²) in [5.74, 6) is -1.18. The number of unbranched alkanes of at least 4 members (excludes halogenated alkanes) is 6. The molecule has 0 aromatic heterocycles. The summed E-state index contributed by atoms with van der Waals surface area (Å²) < 4.78 is 15.9. The van der Waals surface area contributed by atoms with Gasteiger partial charge in [0.05, 0.1) is 86.5 Å². The largest absolute Gasteiger partial charge is 0.480 e. The molecule has 13 unspecified atom stereocenters. The molecule has 10 heterocycles. The molecule has 618 valence electrons. The fourth-order valence-electron chi connectivity index (χ4n) is 14.6. The van der Waals surface area contributed by atoms with Crippen molar-refractivity contribution in [3.05, 3.63) is 29.8 Å². The Morgan fingerprint density at radius 1 is 0.473 bits per heavy atom. The number of amides is 11. The van der Waals surface area contributed by atoms with Crippen LogP contribution in [0.25, 0.3) is 0 Å². The van der Waals surface area contributed by atoms with Crippen molar-refractivity contribution in [1.82, 2.24) is 67.2 Å². The number of nitrogens with one attached hydrogen (secondary N) is 9. The highest BCUT2D eigenvalue weighted by Gasteiger charge is 2.46. The molecule has 10 fully saturated rings. The maximum absolute atomic E-state index is 12.6. The average Bonchev–Trinajstić information content (AvgIpc) is 1.67. The molecule has 10 aliphatic rings. The number of aliphatic hydroxyl groups is 1. The molecule has 10 saturated heterocycles. The van der Waals surface area contributed by atoms with E-state index in [-0.39, 0.29) is 143 Å². The fourth-order valence-corrected chi connectivity index (χ4v) is 20.6. The molecule has 13 atom stereocenters. The molecule has 110 heavy (non-hydrogen) atoms. The van der Waals surface area contributed by atoms with Crippen molar-refractivity contribution in [1.29, 1.82) is 0 Å². The normalized spacial score (nSPS) is 27.2. The highest BCUT2D eigenvalue weighted by Crippen LogP contribution is 2.36. The number of nitrogens with zero attached hydrogens (tertiary/aromatic N) is 5. The van der Waals surface area contributed by atoms with E-state index in [1.807, 2.05) is 52.3 Å². The molecule has 0 radical (unpaired) electrons. The Hall–Kier alpha value is -6.29. The molecule has 0 saturated carbocycles. The molecule has 0 spiro atoms. The number of anilines is 1. The highest BCUT2D eigenvalue weighted by atomic mass is 32.2. The van der Waals surface area contributed by atoms with Crippen LogP contribution in [-0.2, 0) is 68.8 Å². The van der Waals surface area contributed by atoms with E-state index < -0.39 is 35.7 Å². The zero-order valence-electron chi connectivity index (χ0n) is 61.9. The average molecular weight is 1630 g/mol. The number of fused-ring (bicyclic) bond motifs is 4. The van der Waals surface area contributed by atoms with Crippen LogP contribution < -0.4 is 47.9 Å². The van der Waals surface area contributed by atoms with Gasteiger partial charge in [-0.15, -0.1) is 5.06 Å². The Balaban J connectivity index is 0.000000219. The number of carboxylic acids is 3. The molecule has 1 aromatic carbocycles. The first-order chi connectivity index (χ1) is 53.1. The second-order valence-corrected chi connectivity index (χ2v) is 33.4. The number of benzene rings is 1. The van der Waals surface area contributed by atoms with E-state index in [0.29, 0.717) is 124 Å². The Labute approximate surface area is 656 Å². The molecule has 11 amide bonds. The number of aliphatic carboxylic acids is 3. The number of carbonyl (C=O) groups is 11. The van der Waals surface area contributed by atoms with Crippen LogP contribution in [0.5, 0.6) is 0 Å². The van der Waals surface area contributed by atoms with Crippen LogP contribution in [0.1, 0.15) is 95.5 Å². The zero-order chi connectivity index (χ0) is 78.7. The second kappa shape index (κ2) is 48.0. The number of urea groups is 4. The maximum atomic E-state index is 12.6. The van der Waals surface area contributed by atoms with Gasteiger partial charge in [-0.3, -0.25) is 54.1 Å². The number of imide groups is 1. The Bertz CT molecular complexity index is 3120. The highest BCUT2D eigenvalue weighted by molar-refractivity contribution is 8.01. The number of ether oxygens (including phenoxy) is 3. The van der Waals surface area contributed by atoms with Gasteiger partial charge in [0.1, 0.15) is 19.8 Å². The predicted octanol–water partition coefficient (Wildman–Crippen LogP) is 0.942.